The van der Waals surface area contributed by atoms with E-state index in [1.165, 1.54) is 4.52 Å². The van der Waals surface area contributed by atoms with Crippen LogP contribution in [0.1, 0.15) is 32.9 Å². The number of benzene rings is 1. The molecular formula is C16H15N3O3. The van der Waals surface area contributed by atoms with Gasteiger partial charge in [0.25, 0.3) is 0 Å². The summed E-state index contributed by atoms with van der Waals surface area (Å²) >= 11 is 0. The number of aromatic nitrogens is 3. The number of aromatic hydroxyl groups is 1. The van der Waals surface area contributed by atoms with E-state index in [-0.39, 0.29) is 17.1 Å². The molecule has 6 nitrogen and oxygen atoms in total. The molecule has 22 heavy (non-hydrogen) atoms. The van der Waals surface area contributed by atoms with Crippen LogP contribution in [-0.4, -0.2) is 30.8 Å². The molecular weight excluding hydrogens is 282 g/mol. The highest BCUT2D eigenvalue weighted by Gasteiger charge is 2.22. The summed E-state index contributed by atoms with van der Waals surface area (Å²) in [6.07, 6.45) is 0.503. The molecule has 112 valence electrons. The SMILES string of the molecule is Cc1nc2c(C(=O)O)c(C)nn2c(O)c1Cc1ccccc1. The lowest BCUT2D eigenvalue weighted by Gasteiger charge is -2.09. The molecule has 0 aliphatic heterocycles. The second kappa shape index (κ2) is 5.14. The predicted molar refractivity (Wildman–Crippen MR) is 80.3 cm³/mol. The lowest BCUT2D eigenvalue weighted by Crippen LogP contribution is -2.04. The summed E-state index contributed by atoms with van der Waals surface area (Å²) in [5, 5.41) is 23.8. The number of rotatable bonds is 3. The largest absolute Gasteiger partial charge is 0.493 e. The predicted octanol–water partition coefficient (Wildman–Crippen LogP) is 2.34. The summed E-state index contributed by atoms with van der Waals surface area (Å²) in [4.78, 5) is 15.7. The molecule has 0 bridgehead atoms. The fourth-order valence-corrected chi connectivity index (χ4v) is 2.54. The van der Waals surface area contributed by atoms with E-state index < -0.39 is 5.97 Å². The quantitative estimate of drug-likeness (QED) is 0.774. The van der Waals surface area contributed by atoms with Gasteiger partial charge in [-0.15, -0.1) is 0 Å². The standard InChI is InChI=1S/C16H15N3O3/c1-9-12(8-11-6-4-3-5-7-11)15(20)19-14(17-9)13(16(21)22)10(2)18-19/h3-7,20H,8H2,1-2H3,(H,21,22). The number of fused-ring (bicyclic) bond motifs is 1. The summed E-state index contributed by atoms with van der Waals surface area (Å²) in [6, 6.07) is 9.69. The Morgan fingerprint density at radius 2 is 1.86 bits per heavy atom. The van der Waals surface area contributed by atoms with Crippen molar-refractivity contribution in [1.82, 2.24) is 14.6 Å². The highest BCUT2D eigenvalue weighted by Crippen LogP contribution is 2.26. The number of hydrogen-bond donors (Lipinski definition) is 2. The smallest absolute Gasteiger partial charge is 0.341 e. The van der Waals surface area contributed by atoms with Crippen molar-refractivity contribution in [3.05, 3.63) is 58.4 Å². The Labute approximate surface area is 126 Å². The van der Waals surface area contributed by atoms with Crippen molar-refractivity contribution in [3.8, 4) is 5.88 Å². The molecule has 0 spiro atoms. The van der Waals surface area contributed by atoms with Gasteiger partial charge < -0.3 is 10.2 Å². The Morgan fingerprint density at radius 3 is 2.50 bits per heavy atom. The van der Waals surface area contributed by atoms with E-state index in [0.717, 1.165) is 5.56 Å². The molecule has 0 saturated carbocycles. The highest BCUT2D eigenvalue weighted by atomic mass is 16.4. The van der Waals surface area contributed by atoms with Gasteiger partial charge in [0.05, 0.1) is 5.69 Å². The maximum atomic E-state index is 11.3. The van der Waals surface area contributed by atoms with Gasteiger partial charge >= 0.3 is 5.97 Å². The molecule has 0 fully saturated rings. The molecule has 0 aliphatic rings. The van der Waals surface area contributed by atoms with Crippen LogP contribution in [0, 0.1) is 13.8 Å². The molecule has 0 amide bonds. The van der Waals surface area contributed by atoms with Crippen LogP contribution in [0.2, 0.25) is 0 Å². The number of carbonyl (C=O) groups is 1. The van der Waals surface area contributed by atoms with E-state index in [1.807, 2.05) is 30.3 Å². The fourth-order valence-electron chi connectivity index (χ4n) is 2.54. The van der Waals surface area contributed by atoms with Crippen molar-refractivity contribution in [2.45, 2.75) is 20.3 Å². The minimum atomic E-state index is -1.10. The number of nitrogens with zero attached hydrogens (tertiary/aromatic N) is 3. The van der Waals surface area contributed by atoms with Crippen molar-refractivity contribution >= 4 is 11.6 Å². The molecule has 2 N–H and O–H groups in total. The zero-order chi connectivity index (χ0) is 15.9. The third-order valence-electron chi connectivity index (χ3n) is 3.65. The first kappa shape index (κ1) is 14.1. The first-order chi connectivity index (χ1) is 10.5. The topological polar surface area (TPSA) is 87.7 Å². The van der Waals surface area contributed by atoms with Crippen molar-refractivity contribution in [2.75, 3.05) is 0 Å². The third kappa shape index (κ3) is 2.18. The van der Waals surface area contributed by atoms with Gasteiger partial charge in [0.2, 0.25) is 5.88 Å². The molecule has 2 heterocycles. The van der Waals surface area contributed by atoms with Crippen LogP contribution in [0.3, 0.4) is 0 Å². The van der Waals surface area contributed by atoms with Gasteiger partial charge in [-0.3, -0.25) is 0 Å². The Balaban J connectivity index is 2.19. The molecule has 1 aromatic carbocycles. The van der Waals surface area contributed by atoms with Crippen LogP contribution in [0.4, 0.5) is 0 Å². The number of aromatic carboxylic acids is 1. The van der Waals surface area contributed by atoms with Gasteiger partial charge in [0, 0.05) is 17.7 Å². The zero-order valence-electron chi connectivity index (χ0n) is 12.2. The molecule has 2 aromatic heterocycles. The summed E-state index contributed by atoms with van der Waals surface area (Å²) in [7, 11) is 0. The number of hydrogen-bond acceptors (Lipinski definition) is 4. The zero-order valence-corrected chi connectivity index (χ0v) is 12.2. The van der Waals surface area contributed by atoms with Gasteiger partial charge in [0.15, 0.2) is 5.65 Å². The average Bonchev–Trinajstić information content (AvgIpc) is 2.81. The second-order valence-electron chi connectivity index (χ2n) is 5.16. The molecule has 0 atom stereocenters. The average molecular weight is 297 g/mol. The van der Waals surface area contributed by atoms with E-state index in [0.29, 0.717) is 23.4 Å². The van der Waals surface area contributed by atoms with E-state index in [4.69, 9.17) is 0 Å². The second-order valence-corrected chi connectivity index (χ2v) is 5.16. The first-order valence-corrected chi connectivity index (χ1v) is 6.84. The van der Waals surface area contributed by atoms with Crippen molar-refractivity contribution in [3.63, 3.8) is 0 Å². The normalized spacial score (nSPS) is 11.0. The van der Waals surface area contributed by atoms with Gasteiger partial charge in [0.1, 0.15) is 5.56 Å². The fraction of sp³-hybridized carbons (Fsp3) is 0.188. The molecule has 3 rings (SSSR count). The first-order valence-electron chi connectivity index (χ1n) is 6.84. The maximum Gasteiger partial charge on any atom is 0.341 e. The number of aryl methyl sites for hydroxylation is 2. The van der Waals surface area contributed by atoms with Crippen molar-refractivity contribution in [2.24, 2.45) is 0 Å². The molecule has 0 unspecified atom stereocenters. The molecule has 0 radical (unpaired) electrons. The van der Waals surface area contributed by atoms with E-state index >= 15 is 0 Å². The van der Waals surface area contributed by atoms with Crippen LogP contribution in [-0.2, 0) is 6.42 Å². The lowest BCUT2D eigenvalue weighted by molar-refractivity contribution is 0.0698. The lowest BCUT2D eigenvalue weighted by atomic mass is 10.0. The molecule has 3 aromatic rings. The van der Waals surface area contributed by atoms with Crippen LogP contribution < -0.4 is 0 Å². The van der Waals surface area contributed by atoms with Crippen LogP contribution in [0.15, 0.2) is 30.3 Å². The van der Waals surface area contributed by atoms with Gasteiger partial charge in [-0.2, -0.15) is 9.61 Å². The molecule has 0 saturated heterocycles. The Bertz CT molecular complexity index is 869. The summed E-state index contributed by atoms with van der Waals surface area (Å²) in [5.41, 5.74) is 2.77. The van der Waals surface area contributed by atoms with Crippen LogP contribution in [0.5, 0.6) is 5.88 Å². The number of carboxylic acid groups (broad SMARTS) is 1. The van der Waals surface area contributed by atoms with Crippen molar-refractivity contribution < 1.29 is 15.0 Å². The summed E-state index contributed by atoms with van der Waals surface area (Å²) in [5.74, 6) is -1.17. The van der Waals surface area contributed by atoms with Gasteiger partial charge in [-0.25, -0.2) is 9.78 Å². The number of carboxylic acids is 1. The van der Waals surface area contributed by atoms with Gasteiger partial charge in [-0.05, 0) is 19.4 Å². The summed E-state index contributed by atoms with van der Waals surface area (Å²) in [6.45, 7) is 3.34. The maximum absolute atomic E-state index is 11.3. The van der Waals surface area contributed by atoms with Crippen LogP contribution >= 0.6 is 0 Å². The Kier molecular flexibility index (Phi) is 3.29. The Morgan fingerprint density at radius 1 is 1.18 bits per heavy atom. The van der Waals surface area contributed by atoms with E-state index in [9.17, 15) is 15.0 Å². The minimum absolute atomic E-state index is 0.0182. The monoisotopic (exact) mass is 297 g/mol. The van der Waals surface area contributed by atoms with Gasteiger partial charge in [-0.1, -0.05) is 30.3 Å². The third-order valence-corrected chi connectivity index (χ3v) is 3.65. The minimum Gasteiger partial charge on any atom is -0.493 e. The molecule has 6 heteroatoms. The Hall–Kier alpha value is -2.89. The van der Waals surface area contributed by atoms with Crippen LogP contribution in [0.25, 0.3) is 5.65 Å². The molecule has 0 aliphatic carbocycles. The highest BCUT2D eigenvalue weighted by molar-refractivity contribution is 5.95. The van der Waals surface area contributed by atoms with Crippen molar-refractivity contribution in [1.29, 1.82) is 0 Å². The van der Waals surface area contributed by atoms with E-state index in [1.54, 1.807) is 13.8 Å². The van der Waals surface area contributed by atoms with E-state index in [2.05, 4.69) is 10.1 Å². The summed E-state index contributed by atoms with van der Waals surface area (Å²) < 4.78 is 1.20.